The van der Waals surface area contributed by atoms with Crippen molar-refractivity contribution in [1.29, 1.82) is 0 Å². The molecule has 0 bridgehead atoms. The fourth-order valence-electron chi connectivity index (χ4n) is 5.70. The summed E-state index contributed by atoms with van der Waals surface area (Å²) in [7, 11) is 0. The summed E-state index contributed by atoms with van der Waals surface area (Å²) >= 11 is 6.73. The Morgan fingerprint density at radius 2 is 2.00 bits per heavy atom. The molecule has 12 heteroatoms. The molecule has 1 fully saturated rings. The van der Waals surface area contributed by atoms with Gasteiger partial charge in [-0.3, -0.25) is 9.38 Å². The van der Waals surface area contributed by atoms with E-state index in [-0.39, 0.29) is 16.2 Å². The van der Waals surface area contributed by atoms with E-state index in [4.69, 9.17) is 27.3 Å². The first-order valence-electron chi connectivity index (χ1n) is 13.3. The number of nitrogens with two attached hydrogens (primary N) is 1. The minimum Gasteiger partial charge on any atom is -0.598 e. The molecule has 3 N–H and O–H groups in total. The third-order valence-corrected chi connectivity index (χ3v) is 11.3. The second-order valence-corrected chi connectivity index (χ2v) is 15.1. The highest BCUT2D eigenvalue weighted by atomic mass is 35.5. The van der Waals surface area contributed by atoms with E-state index in [1.807, 2.05) is 56.6 Å². The van der Waals surface area contributed by atoms with Gasteiger partial charge in [-0.25, -0.2) is 15.0 Å². The van der Waals surface area contributed by atoms with E-state index in [1.165, 1.54) is 17.3 Å². The van der Waals surface area contributed by atoms with Crippen LogP contribution in [0.25, 0.3) is 5.65 Å². The molecule has 2 aliphatic rings. The Morgan fingerprint density at radius 1 is 1.18 bits per heavy atom. The second-order valence-electron chi connectivity index (χ2n) is 11.6. The Kier molecular flexibility index (Phi) is 7.15. The molecule has 6 rings (SSSR count). The number of pyridine rings is 2. The Balaban J connectivity index is 1.34. The Labute approximate surface area is 246 Å². The Bertz CT molecular complexity index is 1550. The first-order chi connectivity index (χ1) is 19.1. The number of rotatable bonds is 5. The van der Waals surface area contributed by atoms with Crippen LogP contribution in [0.3, 0.4) is 0 Å². The maximum absolute atomic E-state index is 13.4. The van der Waals surface area contributed by atoms with Crippen LogP contribution in [0.2, 0.25) is 5.02 Å². The van der Waals surface area contributed by atoms with Crippen molar-refractivity contribution in [2.24, 2.45) is 5.41 Å². The van der Waals surface area contributed by atoms with Gasteiger partial charge in [0.2, 0.25) is 5.95 Å². The maximum Gasteiger partial charge on any atom is 0.211 e. The zero-order chi connectivity index (χ0) is 28.2. The van der Waals surface area contributed by atoms with Gasteiger partial charge >= 0.3 is 0 Å². The van der Waals surface area contributed by atoms with E-state index >= 15 is 0 Å². The molecule has 40 heavy (non-hydrogen) atoms. The molecule has 5 heterocycles. The lowest BCUT2D eigenvalue weighted by Gasteiger charge is -2.46. The van der Waals surface area contributed by atoms with E-state index in [2.05, 4.69) is 25.7 Å². The molecule has 1 aliphatic carbocycles. The number of aryl methyl sites for hydroxylation is 1. The number of nitrogens with one attached hydrogen (secondary N) is 1. The standard InChI is InChI=1S/C28H33ClN8OS2/c1-17-23(39-20-7-10-32-24(30)22(20)29)25-33-11-13-37(25)26(34-17)36-12-8-28(14-18-6-5-9-31-19(18)15-28)21(16-36)35-40(38)27(2,3)4/h5-7,9-11,13,21,35H,8,12,14-16H2,1-4H3,(H2,30,32). The minimum atomic E-state index is -1.22. The predicted octanol–water partition coefficient (Wildman–Crippen LogP) is 4.63. The molecule has 0 saturated carbocycles. The van der Waals surface area contributed by atoms with E-state index < -0.39 is 11.4 Å². The fraction of sp³-hybridized carbons (Fsp3) is 0.429. The summed E-state index contributed by atoms with van der Waals surface area (Å²) in [6, 6.07) is 6.03. The van der Waals surface area contributed by atoms with Gasteiger partial charge in [-0.1, -0.05) is 29.4 Å². The van der Waals surface area contributed by atoms with Crippen LogP contribution in [-0.4, -0.2) is 52.8 Å². The topological polar surface area (TPSA) is 120 Å². The van der Waals surface area contributed by atoms with E-state index in [0.29, 0.717) is 17.4 Å². The van der Waals surface area contributed by atoms with Gasteiger partial charge < -0.3 is 15.2 Å². The van der Waals surface area contributed by atoms with Crippen molar-refractivity contribution in [2.45, 2.75) is 67.5 Å². The summed E-state index contributed by atoms with van der Waals surface area (Å²) in [6.45, 7) is 9.52. The van der Waals surface area contributed by atoms with Gasteiger partial charge in [0.05, 0.1) is 21.7 Å². The SMILES string of the molecule is Cc1nc(N2CCC3(Cc4cccnc4C3)C(N[S+]([O-])C(C)(C)C)C2)n2ccnc2c1Sc1ccnc(N)c1Cl. The lowest BCUT2D eigenvalue weighted by atomic mass is 9.72. The van der Waals surface area contributed by atoms with Crippen molar-refractivity contribution in [1.82, 2.24) is 29.1 Å². The van der Waals surface area contributed by atoms with Gasteiger partial charge in [0.25, 0.3) is 0 Å². The molecule has 9 nitrogen and oxygen atoms in total. The summed E-state index contributed by atoms with van der Waals surface area (Å²) in [5.41, 5.74) is 10.0. The first kappa shape index (κ1) is 27.6. The number of hydrogen-bond acceptors (Lipinski definition) is 9. The van der Waals surface area contributed by atoms with Crippen LogP contribution in [0.5, 0.6) is 0 Å². The molecule has 3 unspecified atom stereocenters. The molecule has 1 saturated heterocycles. The van der Waals surface area contributed by atoms with Crippen molar-refractivity contribution in [3.05, 3.63) is 65.0 Å². The van der Waals surface area contributed by atoms with Crippen LogP contribution >= 0.6 is 23.4 Å². The van der Waals surface area contributed by atoms with Gasteiger partial charge in [0.1, 0.15) is 10.6 Å². The fourth-order valence-corrected chi connectivity index (χ4v) is 7.84. The first-order valence-corrected chi connectivity index (χ1v) is 15.7. The zero-order valence-electron chi connectivity index (χ0n) is 23.0. The molecule has 1 aliphatic heterocycles. The highest BCUT2D eigenvalue weighted by molar-refractivity contribution is 7.99. The normalized spacial score (nSPS) is 21.8. The number of fused-ring (bicyclic) bond motifs is 2. The molecule has 0 amide bonds. The molecular formula is C28H33ClN8OS2. The highest BCUT2D eigenvalue weighted by Crippen LogP contribution is 2.46. The van der Waals surface area contributed by atoms with Crippen molar-refractivity contribution >= 4 is 52.1 Å². The van der Waals surface area contributed by atoms with Gasteiger partial charge in [0, 0.05) is 65.2 Å². The maximum atomic E-state index is 13.4. The monoisotopic (exact) mass is 596 g/mol. The number of hydrogen-bond donors (Lipinski definition) is 2. The average molecular weight is 597 g/mol. The number of imidazole rings is 1. The number of anilines is 2. The Hall–Kier alpha value is -2.57. The number of aromatic nitrogens is 5. The van der Waals surface area contributed by atoms with Gasteiger partial charge in [-0.05, 0) is 64.7 Å². The van der Waals surface area contributed by atoms with E-state index in [1.54, 1.807) is 12.4 Å². The molecule has 210 valence electrons. The van der Waals surface area contributed by atoms with E-state index in [0.717, 1.165) is 58.6 Å². The molecule has 1 spiro atoms. The summed E-state index contributed by atoms with van der Waals surface area (Å²) in [6.07, 6.45) is 10.0. The highest BCUT2D eigenvalue weighted by Gasteiger charge is 2.50. The third kappa shape index (κ3) is 4.92. The number of nitrogens with zero attached hydrogens (tertiary/aromatic N) is 6. The van der Waals surface area contributed by atoms with Gasteiger partial charge in [-0.2, -0.15) is 0 Å². The molecule has 3 atom stereocenters. The lowest BCUT2D eigenvalue weighted by molar-refractivity contribution is 0.178. The van der Waals surface area contributed by atoms with Crippen LogP contribution in [0, 0.1) is 12.3 Å². The quantitative estimate of drug-likeness (QED) is 0.318. The number of piperidine rings is 1. The van der Waals surface area contributed by atoms with Crippen molar-refractivity contribution in [3.8, 4) is 0 Å². The van der Waals surface area contributed by atoms with Crippen LogP contribution in [0.4, 0.5) is 11.8 Å². The molecule has 0 radical (unpaired) electrons. The third-order valence-electron chi connectivity index (χ3n) is 7.91. The predicted molar refractivity (Wildman–Crippen MR) is 161 cm³/mol. The molecule has 4 aromatic rings. The lowest BCUT2D eigenvalue weighted by Crippen LogP contribution is -2.61. The van der Waals surface area contributed by atoms with Crippen LogP contribution in [0.1, 0.15) is 44.1 Å². The number of halogens is 1. The van der Waals surface area contributed by atoms with Crippen LogP contribution in [0.15, 0.2) is 52.8 Å². The van der Waals surface area contributed by atoms with Crippen molar-refractivity contribution in [2.75, 3.05) is 23.7 Å². The average Bonchev–Trinajstić information content (AvgIpc) is 3.54. The molecule has 4 aromatic heterocycles. The number of nitrogen functional groups attached to an aromatic ring is 1. The van der Waals surface area contributed by atoms with Crippen LogP contribution in [-0.2, 0) is 24.2 Å². The molecular weight excluding hydrogens is 564 g/mol. The summed E-state index contributed by atoms with van der Waals surface area (Å²) in [5.74, 6) is 1.12. The van der Waals surface area contributed by atoms with Gasteiger partial charge in [-0.15, -0.1) is 4.72 Å². The summed E-state index contributed by atoms with van der Waals surface area (Å²) in [5, 5.41) is 0.426. The largest absolute Gasteiger partial charge is 0.598 e. The van der Waals surface area contributed by atoms with Crippen molar-refractivity contribution in [3.63, 3.8) is 0 Å². The van der Waals surface area contributed by atoms with E-state index in [9.17, 15) is 4.55 Å². The van der Waals surface area contributed by atoms with Crippen LogP contribution < -0.4 is 15.4 Å². The summed E-state index contributed by atoms with van der Waals surface area (Å²) in [4.78, 5) is 22.6. The van der Waals surface area contributed by atoms with Crippen molar-refractivity contribution < 1.29 is 4.55 Å². The smallest absolute Gasteiger partial charge is 0.211 e. The minimum absolute atomic E-state index is 0.0103. The molecule has 0 aromatic carbocycles. The van der Waals surface area contributed by atoms with Gasteiger partial charge in [0.15, 0.2) is 5.65 Å². The zero-order valence-corrected chi connectivity index (χ0v) is 25.4. The second kappa shape index (κ2) is 10.4. The Morgan fingerprint density at radius 3 is 2.77 bits per heavy atom. The summed E-state index contributed by atoms with van der Waals surface area (Å²) < 4.78 is 18.6.